The van der Waals surface area contributed by atoms with Gasteiger partial charge in [-0.2, -0.15) is 0 Å². The third kappa shape index (κ3) is 5.19. The van der Waals surface area contributed by atoms with Gasteiger partial charge < -0.3 is 10.6 Å². The summed E-state index contributed by atoms with van der Waals surface area (Å²) in [5, 5.41) is 5.92. The quantitative estimate of drug-likeness (QED) is 0.807. The molecule has 0 aliphatic heterocycles. The van der Waals surface area contributed by atoms with Gasteiger partial charge in [0, 0.05) is 24.6 Å². The van der Waals surface area contributed by atoms with E-state index in [0.717, 1.165) is 24.1 Å². The Hall–Kier alpha value is -2.62. The monoisotopic (exact) mass is 364 g/mol. The lowest BCUT2D eigenvalue weighted by Crippen LogP contribution is -2.42. The molecular weight excluding hydrogens is 336 g/mol. The second-order valence-electron chi connectivity index (χ2n) is 7.54. The molecule has 0 heterocycles. The summed E-state index contributed by atoms with van der Waals surface area (Å²) in [7, 11) is 0. The first kappa shape index (κ1) is 19.2. The van der Waals surface area contributed by atoms with Crippen LogP contribution >= 0.6 is 0 Å². The Morgan fingerprint density at radius 3 is 2.22 bits per heavy atom. The van der Waals surface area contributed by atoms with E-state index in [2.05, 4.69) is 34.9 Å². The molecule has 1 aliphatic carbocycles. The number of hydrogen-bond acceptors (Lipinski definition) is 2. The maximum absolute atomic E-state index is 12.5. The van der Waals surface area contributed by atoms with Crippen molar-refractivity contribution < 1.29 is 9.59 Å². The number of carbonyl (C=O) groups excluding carboxylic acids is 2. The van der Waals surface area contributed by atoms with Crippen LogP contribution in [0.2, 0.25) is 0 Å². The molecule has 0 radical (unpaired) electrons. The maximum Gasteiger partial charge on any atom is 0.224 e. The number of anilines is 1. The Morgan fingerprint density at radius 2 is 1.59 bits per heavy atom. The van der Waals surface area contributed by atoms with Crippen LogP contribution in [0.5, 0.6) is 0 Å². The fourth-order valence-electron chi connectivity index (χ4n) is 4.01. The van der Waals surface area contributed by atoms with Crippen LogP contribution in [-0.2, 0) is 21.4 Å². The smallest absolute Gasteiger partial charge is 0.224 e. The van der Waals surface area contributed by atoms with Gasteiger partial charge in [-0.05, 0) is 36.1 Å². The number of rotatable bonds is 6. The lowest BCUT2D eigenvalue weighted by atomic mass is 9.69. The van der Waals surface area contributed by atoms with E-state index < -0.39 is 0 Å². The van der Waals surface area contributed by atoms with Gasteiger partial charge >= 0.3 is 0 Å². The van der Waals surface area contributed by atoms with E-state index in [-0.39, 0.29) is 17.2 Å². The molecule has 27 heavy (non-hydrogen) atoms. The summed E-state index contributed by atoms with van der Waals surface area (Å²) >= 11 is 0. The summed E-state index contributed by atoms with van der Waals surface area (Å²) in [6.45, 7) is 2.18. The van der Waals surface area contributed by atoms with E-state index in [1.807, 2.05) is 30.3 Å². The Balaban J connectivity index is 1.60. The van der Waals surface area contributed by atoms with Crippen LogP contribution in [0.25, 0.3) is 0 Å². The summed E-state index contributed by atoms with van der Waals surface area (Å²) in [4.78, 5) is 23.6. The zero-order valence-electron chi connectivity index (χ0n) is 16.0. The summed E-state index contributed by atoms with van der Waals surface area (Å²) in [5.41, 5.74) is 3.09. The molecular formula is C23H28N2O2. The molecule has 4 heteroatoms. The maximum atomic E-state index is 12.5. The molecule has 2 amide bonds. The van der Waals surface area contributed by atoms with Gasteiger partial charge in [-0.15, -0.1) is 0 Å². The van der Waals surface area contributed by atoms with E-state index in [9.17, 15) is 9.59 Å². The van der Waals surface area contributed by atoms with Crippen LogP contribution in [0, 0.1) is 0 Å². The number of carbonyl (C=O) groups is 2. The first-order valence-electron chi connectivity index (χ1n) is 9.76. The molecule has 1 saturated carbocycles. The van der Waals surface area contributed by atoms with Crippen molar-refractivity contribution in [3.8, 4) is 0 Å². The molecule has 2 aromatic carbocycles. The fraction of sp³-hybridized carbons (Fsp3) is 0.391. The lowest BCUT2D eigenvalue weighted by Gasteiger charge is -2.38. The van der Waals surface area contributed by atoms with Crippen molar-refractivity contribution in [1.82, 2.24) is 5.32 Å². The summed E-state index contributed by atoms with van der Waals surface area (Å²) in [5.74, 6) is -0.0534. The highest BCUT2D eigenvalue weighted by molar-refractivity contribution is 5.88. The van der Waals surface area contributed by atoms with Gasteiger partial charge in [0.2, 0.25) is 11.8 Å². The average molecular weight is 364 g/mol. The highest BCUT2D eigenvalue weighted by Gasteiger charge is 2.33. The zero-order chi connectivity index (χ0) is 19.1. The van der Waals surface area contributed by atoms with Gasteiger partial charge in [-0.1, -0.05) is 61.7 Å². The van der Waals surface area contributed by atoms with E-state index in [1.165, 1.54) is 31.7 Å². The number of hydrogen-bond donors (Lipinski definition) is 2. The molecule has 0 unspecified atom stereocenters. The van der Waals surface area contributed by atoms with E-state index in [4.69, 9.17) is 0 Å². The van der Waals surface area contributed by atoms with Crippen molar-refractivity contribution in [2.75, 3.05) is 11.9 Å². The third-order valence-corrected chi connectivity index (χ3v) is 5.46. The summed E-state index contributed by atoms with van der Waals surface area (Å²) in [6.07, 6.45) is 6.32. The number of nitrogens with one attached hydrogen (secondary N) is 2. The Morgan fingerprint density at radius 1 is 0.926 bits per heavy atom. The molecule has 1 aliphatic rings. The van der Waals surface area contributed by atoms with Crippen LogP contribution in [0.15, 0.2) is 54.6 Å². The predicted molar refractivity (Wildman–Crippen MR) is 109 cm³/mol. The van der Waals surface area contributed by atoms with Gasteiger partial charge in [-0.3, -0.25) is 9.59 Å². The van der Waals surface area contributed by atoms with Crippen molar-refractivity contribution >= 4 is 17.5 Å². The van der Waals surface area contributed by atoms with Crippen molar-refractivity contribution in [1.29, 1.82) is 0 Å². The SMILES string of the molecule is CC(=O)Nc1ccc(CC(=O)NCC2(c3ccccc3)CCCCC2)cc1. The molecule has 0 aromatic heterocycles. The van der Waals surface area contributed by atoms with Crippen LogP contribution in [0.1, 0.15) is 50.2 Å². The van der Waals surface area contributed by atoms with Crippen LogP contribution in [0.3, 0.4) is 0 Å². The molecule has 0 spiro atoms. The summed E-state index contributed by atoms with van der Waals surface area (Å²) < 4.78 is 0. The van der Waals surface area contributed by atoms with Crippen molar-refractivity contribution in [2.45, 2.75) is 50.9 Å². The molecule has 4 nitrogen and oxygen atoms in total. The zero-order valence-corrected chi connectivity index (χ0v) is 16.0. The Labute approximate surface area is 161 Å². The van der Waals surface area contributed by atoms with Crippen molar-refractivity contribution in [3.05, 3.63) is 65.7 Å². The number of amides is 2. The molecule has 2 N–H and O–H groups in total. The molecule has 3 rings (SSSR count). The standard InChI is InChI=1S/C23H28N2O2/c1-18(26)25-21-12-10-19(11-13-21)16-22(27)24-17-23(14-6-3-7-15-23)20-8-4-2-5-9-20/h2,4-5,8-13H,3,6-7,14-17H2,1H3,(H,24,27)(H,25,26). The minimum absolute atomic E-state index is 0.0446. The Bertz CT molecular complexity index is 763. The minimum Gasteiger partial charge on any atom is -0.355 e. The van der Waals surface area contributed by atoms with Gasteiger partial charge in [0.15, 0.2) is 0 Å². The highest BCUT2D eigenvalue weighted by Crippen LogP contribution is 2.38. The highest BCUT2D eigenvalue weighted by atomic mass is 16.2. The third-order valence-electron chi connectivity index (χ3n) is 5.46. The first-order valence-corrected chi connectivity index (χ1v) is 9.76. The lowest BCUT2D eigenvalue weighted by molar-refractivity contribution is -0.120. The van der Waals surface area contributed by atoms with Gasteiger partial charge in [-0.25, -0.2) is 0 Å². The molecule has 2 aromatic rings. The van der Waals surface area contributed by atoms with Gasteiger partial charge in [0.1, 0.15) is 0 Å². The summed E-state index contributed by atoms with van der Waals surface area (Å²) in [6, 6.07) is 18.0. The fourth-order valence-corrected chi connectivity index (χ4v) is 4.01. The second kappa shape index (κ2) is 8.85. The van der Waals surface area contributed by atoms with E-state index >= 15 is 0 Å². The molecule has 0 saturated heterocycles. The molecule has 1 fully saturated rings. The van der Waals surface area contributed by atoms with E-state index in [0.29, 0.717) is 13.0 Å². The first-order chi connectivity index (χ1) is 13.1. The average Bonchev–Trinajstić information content (AvgIpc) is 2.69. The topological polar surface area (TPSA) is 58.2 Å². The number of benzene rings is 2. The van der Waals surface area contributed by atoms with Crippen LogP contribution < -0.4 is 10.6 Å². The van der Waals surface area contributed by atoms with Gasteiger partial charge in [0.25, 0.3) is 0 Å². The molecule has 0 atom stereocenters. The minimum atomic E-state index is -0.0980. The largest absolute Gasteiger partial charge is 0.355 e. The van der Waals surface area contributed by atoms with Crippen molar-refractivity contribution in [2.24, 2.45) is 0 Å². The van der Waals surface area contributed by atoms with Gasteiger partial charge in [0.05, 0.1) is 6.42 Å². The van der Waals surface area contributed by atoms with Crippen molar-refractivity contribution in [3.63, 3.8) is 0 Å². The normalized spacial score (nSPS) is 15.7. The van der Waals surface area contributed by atoms with Crippen LogP contribution in [-0.4, -0.2) is 18.4 Å². The van der Waals surface area contributed by atoms with E-state index in [1.54, 1.807) is 0 Å². The predicted octanol–water partition coefficient (Wildman–Crippen LogP) is 4.21. The Kier molecular flexibility index (Phi) is 6.28. The van der Waals surface area contributed by atoms with Crippen LogP contribution in [0.4, 0.5) is 5.69 Å². The molecule has 142 valence electrons. The molecule has 0 bridgehead atoms. The second-order valence-corrected chi connectivity index (χ2v) is 7.54.